The van der Waals surface area contributed by atoms with E-state index in [-0.39, 0.29) is 37.4 Å². The number of aliphatic hydroxyl groups excluding tert-OH is 1. The Kier molecular flexibility index (Phi) is 6.88. The van der Waals surface area contributed by atoms with Crippen molar-refractivity contribution in [1.29, 1.82) is 0 Å². The monoisotopic (exact) mass is 495 g/mol. The number of ether oxygens (including phenoxy) is 1. The SMILES string of the molecule is C=CCN(C)C(=O)[C@@H]1[C@H]2C(=O)N(CCO)C(C(=O)N(CC=C)c3cc(C)ccc3C)C23CC[C@@]1(C)O3. The highest BCUT2D eigenvalue weighted by atomic mass is 16.5. The van der Waals surface area contributed by atoms with Crippen LogP contribution in [0.3, 0.4) is 0 Å². The molecule has 1 N–H and O–H groups in total. The normalized spacial score (nSPS) is 30.3. The lowest BCUT2D eigenvalue weighted by Crippen LogP contribution is -2.57. The van der Waals surface area contributed by atoms with E-state index >= 15 is 0 Å². The number of anilines is 1. The number of carbonyl (C=O) groups excluding carboxylic acids is 3. The molecule has 3 heterocycles. The fourth-order valence-corrected chi connectivity index (χ4v) is 6.54. The predicted octanol–water partition coefficient (Wildman–Crippen LogP) is 2.22. The first-order valence-electron chi connectivity index (χ1n) is 12.5. The van der Waals surface area contributed by atoms with Gasteiger partial charge in [0.1, 0.15) is 11.6 Å². The summed E-state index contributed by atoms with van der Waals surface area (Å²) in [6.07, 6.45) is 4.35. The molecule has 3 saturated heterocycles. The predicted molar refractivity (Wildman–Crippen MR) is 137 cm³/mol. The molecular formula is C28H37N3O5. The zero-order valence-electron chi connectivity index (χ0n) is 21.7. The fourth-order valence-electron chi connectivity index (χ4n) is 6.54. The summed E-state index contributed by atoms with van der Waals surface area (Å²) in [5, 5.41) is 9.84. The fraction of sp³-hybridized carbons (Fsp3) is 0.536. The molecule has 5 atom stereocenters. The average molecular weight is 496 g/mol. The van der Waals surface area contributed by atoms with Crippen molar-refractivity contribution in [3.8, 4) is 0 Å². The van der Waals surface area contributed by atoms with Gasteiger partial charge in [0.25, 0.3) is 5.91 Å². The molecular weight excluding hydrogens is 458 g/mol. The third-order valence-electron chi connectivity index (χ3n) is 8.13. The molecule has 194 valence electrons. The van der Waals surface area contributed by atoms with Gasteiger partial charge in [0.2, 0.25) is 11.8 Å². The van der Waals surface area contributed by atoms with Crippen molar-refractivity contribution in [2.24, 2.45) is 11.8 Å². The van der Waals surface area contributed by atoms with Gasteiger partial charge in [0, 0.05) is 32.4 Å². The van der Waals surface area contributed by atoms with Gasteiger partial charge in [0.05, 0.1) is 24.0 Å². The number of β-amino-alcohol motifs (C(OH)–C–C–N with tert-alkyl or cyclic N) is 1. The molecule has 0 saturated carbocycles. The van der Waals surface area contributed by atoms with E-state index in [9.17, 15) is 19.5 Å². The number of aliphatic hydroxyl groups is 1. The Hall–Kier alpha value is -2.97. The van der Waals surface area contributed by atoms with Crippen LogP contribution in [0.4, 0.5) is 5.69 Å². The molecule has 3 amide bonds. The van der Waals surface area contributed by atoms with Gasteiger partial charge in [0.15, 0.2) is 0 Å². The maximum atomic E-state index is 14.4. The van der Waals surface area contributed by atoms with Gasteiger partial charge in [-0.15, -0.1) is 13.2 Å². The van der Waals surface area contributed by atoms with Crippen molar-refractivity contribution in [3.05, 3.63) is 54.6 Å². The summed E-state index contributed by atoms with van der Waals surface area (Å²) in [6, 6.07) is 4.94. The van der Waals surface area contributed by atoms with E-state index in [4.69, 9.17) is 4.74 Å². The van der Waals surface area contributed by atoms with Crippen molar-refractivity contribution in [1.82, 2.24) is 9.80 Å². The third kappa shape index (κ3) is 3.78. The van der Waals surface area contributed by atoms with Crippen molar-refractivity contribution in [3.63, 3.8) is 0 Å². The molecule has 36 heavy (non-hydrogen) atoms. The second kappa shape index (κ2) is 9.48. The molecule has 8 nitrogen and oxygen atoms in total. The van der Waals surface area contributed by atoms with Gasteiger partial charge >= 0.3 is 0 Å². The number of rotatable bonds is 9. The molecule has 2 bridgehead atoms. The van der Waals surface area contributed by atoms with Gasteiger partial charge in [-0.3, -0.25) is 14.4 Å². The Morgan fingerprint density at radius 2 is 1.89 bits per heavy atom. The Balaban J connectivity index is 1.81. The Labute approximate surface area is 213 Å². The van der Waals surface area contributed by atoms with Crippen molar-refractivity contribution in [2.75, 3.05) is 38.2 Å². The molecule has 3 aliphatic heterocycles. The van der Waals surface area contributed by atoms with Gasteiger partial charge < -0.3 is 24.5 Å². The van der Waals surface area contributed by atoms with E-state index in [2.05, 4.69) is 13.2 Å². The minimum Gasteiger partial charge on any atom is -0.395 e. The molecule has 0 aliphatic carbocycles. The zero-order chi connectivity index (χ0) is 26.4. The number of benzene rings is 1. The van der Waals surface area contributed by atoms with E-state index in [1.807, 2.05) is 39.0 Å². The highest BCUT2D eigenvalue weighted by Crippen LogP contribution is 2.63. The van der Waals surface area contributed by atoms with Crippen LogP contribution in [-0.2, 0) is 19.1 Å². The largest absolute Gasteiger partial charge is 0.395 e. The zero-order valence-corrected chi connectivity index (χ0v) is 21.7. The first-order valence-corrected chi connectivity index (χ1v) is 12.5. The summed E-state index contributed by atoms with van der Waals surface area (Å²) in [5.41, 5.74) is 0.688. The Bertz CT molecular complexity index is 1100. The van der Waals surface area contributed by atoms with Gasteiger partial charge in [-0.25, -0.2) is 0 Å². The molecule has 2 unspecified atom stereocenters. The standard InChI is InChI=1S/C28H37N3O5/c1-7-13-29(6)24(33)21-22-25(34)31(15-16-32)23(28(22)12-11-27(21,5)36-28)26(35)30(14-8-2)20-17-18(3)9-10-19(20)4/h7-10,17,21-23,32H,1-2,11-16H2,3-6H3/t21-,22-,23?,27+,28?/m0/s1. The van der Waals surface area contributed by atoms with E-state index in [1.54, 1.807) is 29.0 Å². The molecule has 8 heteroatoms. The molecule has 3 aliphatic rings. The van der Waals surface area contributed by atoms with Crippen molar-refractivity contribution >= 4 is 23.4 Å². The number of hydrogen-bond donors (Lipinski definition) is 1. The molecule has 0 aromatic heterocycles. The second-order valence-corrected chi connectivity index (χ2v) is 10.5. The number of nitrogens with zero attached hydrogens (tertiary/aromatic N) is 3. The number of likely N-dealkylation sites (N-methyl/N-ethyl adjacent to an activating group) is 1. The lowest BCUT2D eigenvalue weighted by atomic mass is 9.66. The van der Waals surface area contributed by atoms with Crippen LogP contribution >= 0.6 is 0 Å². The lowest BCUT2D eigenvalue weighted by molar-refractivity contribution is -0.149. The number of hydrogen-bond acceptors (Lipinski definition) is 5. The highest BCUT2D eigenvalue weighted by molar-refractivity contribution is 6.05. The minimum absolute atomic E-state index is 0.00823. The first kappa shape index (κ1) is 26.1. The molecule has 1 aromatic rings. The van der Waals surface area contributed by atoms with Crippen LogP contribution in [0.15, 0.2) is 43.5 Å². The summed E-state index contributed by atoms with van der Waals surface area (Å²) in [6.45, 7) is 13.6. The number of amides is 3. The maximum absolute atomic E-state index is 14.4. The van der Waals surface area contributed by atoms with Crippen molar-refractivity contribution in [2.45, 2.75) is 50.9 Å². The molecule has 4 rings (SSSR count). The molecule has 0 radical (unpaired) electrons. The molecule has 1 aromatic carbocycles. The Morgan fingerprint density at radius 3 is 2.53 bits per heavy atom. The summed E-state index contributed by atoms with van der Waals surface area (Å²) in [7, 11) is 1.69. The van der Waals surface area contributed by atoms with E-state index in [0.29, 0.717) is 19.4 Å². The summed E-state index contributed by atoms with van der Waals surface area (Å²) < 4.78 is 6.64. The minimum atomic E-state index is -1.13. The number of fused-ring (bicyclic) bond motifs is 1. The summed E-state index contributed by atoms with van der Waals surface area (Å²) in [5.74, 6) is -2.29. The van der Waals surface area contributed by atoms with Crippen LogP contribution in [0.2, 0.25) is 0 Å². The Morgan fingerprint density at radius 1 is 1.19 bits per heavy atom. The number of likely N-dealkylation sites (tertiary alicyclic amines) is 1. The number of aryl methyl sites for hydroxylation is 2. The quantitative estimate of drug-likeness (QED) is 0.531. The summed E-state index contributed by atoms with van der Waals surface area (Å²) >= 11 is 0. The topological polar surface area (TPSA) is 90.4 Å². The van der Waals surface area contributed by atoms with Crippen LogP contribution < -0.4 is 4.90 Å². The average Bonchev–Trinajstić information content (AvgIpc) is 3.40. The van der Waals surface area contributed by atoms with Gasteiger partial charge in [-0.05, 0) is 50.8 Å². The maximum Gasteiger partial charge on any atom is 0.253 e. The molecule has 3 fully saturated rings. The van der Waals surface area contributed by atoms with Crippen LogP contribution in [0, 0.1) is 25.7 Å². The van der Waals surface area contributed by atoms with E-state index in [0.717, 1.165) is 16.8 Å². The van der Waals surface area contributed by atoms with E-state index < -0.39 is 29.1 Å². The van der Waals surface area contributed by atoms with Crippen LogP contribution in [0.1, 0.15) is 30.9 Å². The van der Waals surface area contributed by atoms with Gasteiger partial charge in [-0.2, -0.15) is 0 Å². The first-order chi connectivity index (χ1) is 17.1. The van der Waals surface area contributed by atoms with Gasteiger partial charge in [-0.1, -0.05) is 24.3 Å². The summed E-state index contributed by atoms with van der Waals surface area (Å²) in [4.78, 5) is 46.5. The lowest BCUT2D eigenvalue weighted by Gasteiger charge is -2.37. The second-order valence-electron chi connectivity index (χ2n) is 10.5. The van der Waals surface area contributed by atoms with Crippen LogP contribution in [-0.4, -0.2) is 83.2 Å². The van der Waals surface area contributed by atoms with E-state index in [1.165, 1.54) is 4.90 Å². The van der Waals surface area contributed by atoms with Crippen molar-refractivity contribution < 1.29 is 24.2 Å². The smallest absolute Gasteiger partial charge is 0.253 e. The molecule has 1 spiro atoms. The number of carbonyl (C=O) groups is 3. The highest BCUT2D eigenvalue weighted by Gasteiger charge is 2.78. The van der Waals surface area contributed by atoms with Crippen LogP contribution in [0.5, 0.6) is 0 Å². The third-order valence-corrected chi connectivity index (χ3v) is 8.13. The van der Waals surface area contributed by atoms with Crippen LogP contribution in [0.25, 0.3) is 0 Å².